The number of rotatable bonds is 14. The van der Waals surface area contributed by atoms with Crippen molar-refractivity contribution in [3.63, 3.8) is 0 Å². The van der Waals surface area contributed by atoms with Crippen LogP contribution in [0.4, 0.5) is 33.2 Å². The third-order valence-corrected chi connectivity index (χ3v) is 21.5. The summed E-state index contributed by atoms with van der Waals surface area (Å²) in [6.45, 7) is 42.3. The first-order valence-electron chi connectivity index (χ1n) is 37.4. The lowest BCUT2D eigenvalue weighted by atomic mass is 9.97. The van der Waals surface area contributed by atoms with Crippen molar-refractivity contribution >= 4 is 132 Å². The van der Waals surface area contributed by atoms with Crippen LogP contribution in [-0.2, 0) is 25.7 Å². The van der Waals surface area contributed by atoms with E-state index in [4.69, 9.17) is 62.1 Å². The maximum Gasteiger partial charge on any atom is 0.355 e. The van der Waals surface area contributed by atoms with E-state index in [2.05, 4.69) is 55.0 Å². The molecular formula is C83H92Cl4FN19O7. The molecule has 596 valence electrons. The van der Waals surface area contributed by atoms with E-state index >= 15 is 0 Å². The second kappa shape index (κ2) is 34.4. The van der Waals surface area contributed by atoms with Crippen LogP contribution in [-0.4, -0.2) is 168 Å². The predicted molar refractivity (Wildman–Crippen MR) is 452 cm³/mol. The molecule has 11 heterocycles. The number of aryl methyl sites for hydroxylation is 2. The molecule has 4 atom stereocenters. The van der Waals surface area contributed by atoms with E-state index in [-0.39, 0.29) is 97.9 Å². The molecular weight excluding hydrogens is 1540 g/mol. The Morgan fingerprint density at radius 1 is 0.570 bits per heavy atom. The SMILES string of the molecule is C=CC(=O)N1CC(C)N(c2nc(=O)n(-c3c(C)ccnc3C(C)C)c3nc(-c4cccc(F)c4N)c(Cl)cc23)CC1C.C=CC(=O)N1CC(C)N(c2nc(=O)n(-c3c(C)ccnc3C(C)C)c3nc(-c4ccccc4NC(C)=O)c(Cl)cc23)CC1C.C=CC(=O)N1CCN(c2nc(=O)n(CC(C)(C)C)c3nc(Cl)c(Cl)cc23)CC1. The Bertz CT molecular complexity index is 5700. The molecule has 2 aromatic carbocycles. The van der Waals surface area contributed by atoms with Crippen LogP contribution in [0.25, 0.3) is 67.0 Å². The highest BCUT2D eigenvalue weighted by Gasteiger charge is 2.37. The predicted octanol–water partition coefficient (Wildman–Crippen LogP) is 13.7. The highest BCUT2D eigenvalue weighted by Crippen LogP contribution is 2.42. The minimum absolute atomic E-state index is 0.00939. The van der Waals surface area contributed by atoms with E-state index in [1.165, 1.54) is 46.4 Å². The van der Waals surface area contributed by atoms with Gasteiger partial charge < -0.3 is 40.4 Å². The number of hydrogen-bond donors (Lipinski definition) is 2. The molecule has 8 aromatic heterocycles. The van der Waals surface area contributed by atoms with Crippen LogP contribution in [0.5, 0.6) is 0 Å². The molecule has 0 saturated carbocycles. The molecule has 26 nitrogen and oxygen atoms in total. The number of nitrogens with two attached hydrogens (primary N) is 1. The number of halogens is 5. The molecule has 0 spiro atoms. The molecule has 0 aliphatic carbocycles. The van der Waals surface area contributed by atoms with Gasteiger partial charge in [0.15, 0.2) is 11.3 Å². The van der Waals surface area contributed by atoms with E-state index in [0.717, 1.165) is 16.8 Å². The number of nitrogen functional groups attached to an aromatic ring is 1. The second-order valence-electron chi connectivity index (χ2n) is 30.6. The molecule has 0 radical (unpaired) electrons. The number of amides is 4. The third-order valence-electron chi connectivity index (χ3n) is 20.2. The number of benzene rings is 2. The summed E-state index contributed by atoms with van der Waals surface area (Å²) in [6, 6.07) is 19.9. The summed E-state index contributed by atoms with van der Waals surface area (Å²) in [6.07, 6.45) is 7.37. The fourth-order valence-electron chi connectivity index (χ4n) is 14.7. The molecule has 3 aliphatic rings. The smallest absolute Gasteiger partial charge is 0.355 e. The summed E-state index contributed by atoms with van der Waals surface area (Å²) in [4.78, 5) is 138. The van der Waals surface area contributed by atoms with Gasteiger partial charge in [0.1, 0.15) is 34.1 Å². The Morgan fingerprint density at radius 2 is 1.02 bits per heavy atom. The Hall–Kier alpha value is -11.0. The van der Waals surface area contributed by atoms with Gasteiger partial charge in [-0.2, -0.15) is 15.0 Å². The molecule has 10 aromatic rings. The zero-order valence-electron chi connectivity index (χ0n) is 66.2. The van der Waals surface area contributed by atoms with Crippen LogP contribution >= 0.6 is 46.4 Å². The van der Waals surface area contributed by atoms with Gasteiger partial charge in [-0.05, 0) is 131 Å². The average Bonchev–Trinajstić information content (AvgIpc) is 0.744. The first kappa shape index (κ1) is 83.9. The van der Waals surface area contributed by atoms with Crippen molar-refractivity contribution in [2.24, 2.45) is 5.41 Å². The van der Waals surface area contributed by atoms with E-state index in [9.17, 15) is 38.0 Å². The van der Waals surface area contributed by atoms with Gasteiger partial charge in [-0.1, -0.05) is 145 Å². The Kier molecular flexibility index (Phi) is 25.3. The molecule has 4 amide bonds. The van der Waals surface area contributed by atoms with Crippen LogP contribution in [0.2, 0.25) is 20.2 Å². The van der Waals surface area contributed by atoms with E-state index in [1.807, 2.05) is 135 Å². The summed E-state index contributed by atoms with van der Waals surface area (Å²) < 4.78 is 19.0. The highest BCUT2D eigenvalue weighted by molar-refractivity contribution is 6.42. The molecule has 114 heavy (non-hydrogen) atoms. The number of piperazine rings is 3. The lowest BCUT2D eigenvalue weighted by Gasteiger charge is -2.44. The summed E-state index contributed by atoms with van der Waals surface area (Å²) in [7, 11) is 0. The van der Waals surface area contributed by atoms with Gasteiger partial charge in [-0.15, -0.1) is 0 Å². The Morgan fingerprint density at radius 3 is 1.48 bits per heavy atom. The van der Waals surface area contributed by atoms with E-state index in [0.29, 0.717) is 153 Å². The van der Waals surface area contributed by atoms with Gasteiger partial charge in [0, 0.05) is 114 Å². The molecule has 3 fully saturated rings. The van der Waals surface area contributed by atoms with Gasteiger partial charge in [-0.25, -0.2) is 42.9 Å². The molecule has 0 bridgehead atoms. The zero-order valence-corrected chi connectivity index (χ0v) is 69.2. The monoisotopic (exact) mass is 1630 g/mol. The van der Waals surface area contributed by atoms with Crippen LogP contribution in [0.1, 0.15) is 117 Å². The van der Waals surface area contributed by atoms with Gasteiger partial charge >= 0.3 is 17.1 Å². The van der Waals surface area contributed by atoms with Gasteiger partial charge in [0.2, 0.25) is 23.6 Å². The second-order valence-corrected chi connectivity index (χ2v) is 32.1. The van der Waals surface area contributed by atoms with Crippen molar-refractivity contribution in [3.8, 4) is 33.9 Å². The fourth-order valence-corrected chi connectivity index (χ4v) is 15.5. The number of carbonyl (C=O) groups excluding carboxylic acids is 4. The van der Waals surface area contributed by atoms with Crippen LogP contribution in [0, 0.1) is 25.1 Å². The normalized spacial score (nSPS) is 16.6. The molecule has 31 heteroatoms. The topological polar surface area (TPSA) is 295 Å². The van der Waals surface area contributed by atoms with Crippen molar-refractivity contribution in [1.29, 1.82) is 0 Å². The number of carbonyl (C=O) groups is 4. The van der Waals surface area contributed by atoms with Gasteiger partial charge in [0.05, 0.1) is 76.8 Å². The maximum absolute atomic E-state index is 14.5. The van der Waals surface area contributed by atoms with Gasteiger partial charge in [0.25, 0.3) is 0 Å². The maximum atomic E-state index is 14.5. The van der Waals surface area contributed by atoms with Crippen LogP contribution < -0.4 is 42.8 Å². The Balaban J connectivity index is 0.000000173. The van der Waals surface area contributed by atoms with Gasteiger partial charge in [-0.3, -0.25) is 33.7 Å². The summed E-state index contributed by atoms with van der Waals surface area (Å²) in [5.74, 6) is 0.123. The summed E-state index contributed by atoms with van der Waals surface area (Å²) in [5, 5.41) is 5.63. The first-order chi connectivity index (χ1) is 54.0. The number of para-hydroxylation sites is 2. The number of anilines is 5. The number of nitrogens with one attached hydrogen (secondary N) is 1. The molecule has 13 rings (SSSR count). The molecule has 4 unspecified atom stereocenters. The molecule has 3 N–H and O–H groups in total. The number of pyridine rings is 5. The highest BCUT2D eigenvalue weighted by atomic mass is 35.5. The van der Waals surface area contributed by atoms with E-state index in [1.54, 1.807) is 62.0 Å². The third kappa shape index (κ3) is 17.1. The largest absolute Gasteiger partial charge is 0.396 e. The van der Waals surface area contributed by atoms with Crippen molar-refractivity contribution < 1.29 is 23.6 Å². The van der Waals surface area contributed by atoms with Crippen LogP contribution in [0.3, 0.4) is 0 Å². The van der Waals surface area contributed by atoms with Crippen molar-refractivity contribution in [2.75, 3.05) is 78.1 Å². The number of nitrogens with zero attached hydrogens (tertiary/aromatic N) is 17. The van der Waals surface area contributed by atoms with Crippen molar-refractivity contribution in [2.45, 2.75) is 139 Å². The minimum atomic E-state index is -0.599. The molecule has 3 aliphatic heterocycles. The minimum Gasteiger partial charge on any atom is -0.396 e. The lowest BCUT2D eigenvalue weighted by Crippen LogP contribution is -2.58. The van der Waals surface area contributed by atoms with Crippen LogP contribution in [0.15, 0.2) is 138 Å². The fraction of sp³-hybridized carbons (Fsp3) is 0.361. The average molecular weight is 1630 g/mol. The zero-order chi connectivity index (χ0) is 83.0. The number of aromatic nitrogens is 11. The summed E-state index contributed by atoms with van der Waals surface area (Å²) in [5.41, 5.74) is 11.9. The van der Waals surface area contributed by atoms with Crippen molar-refractivity contribution in [1.82, 2.24) is 68.3 Å². The Labute approximate surface area is 679 Å². The number of fused-ring (bicyclic) bond motifs is 3. The number of hydrogen-bond acceptors (Lipinski definition) is 19. The quantitative estimate of drug-likeness (QED) is 0.0581. The lowest BCUT2D eigenvalue weighted by molar-refractivity contribution is -0.129. The first-order valence-corrected chi connectivity index (χ1v) is 38.9. The van der Waals surface area contributed by atoms with E-state index < -0.39 is 17.2 Å². The van der Waals surface area contributed by atoms with Crippen molar-refractivity contribution in [3.05, 3.63) is 203 Å². The molecule has 3 saturated heterocycles. The summed E-state index contributed by atoms with van der Waals surface area (Å²) >= 11 is 26.2. The standard InChI is InChI=1S/C33H36ClN7O3.C31H33ClFN7O2.C19H23Cl2N5O2/c1-8-27(43)39-16-21(6)40(17-20(39)5)31-24-15-25(34)29(23-11-9-10-12-26(23)36-22(7)42)37-32(24)41(33(44)38-31)30-19(4)13-14-35-28(30)18(2)3;1-7-24(41)38-14-19(6)39(15-18(38)5)29-21-13-22(32)27(20-9-8-10-23(33)25(20)34)36-30(21)40(31(42)37-29)28-17(4)11-12-35-26(28)16(2)3;1-5-14(27)24-6-8-25(9-7-24)16-12-10-13(20)15(21)22-17(12)26(18(28)23-16)11-19(2,3)4/h8-15,18,20-21H,1,16-17H2,2-7H3,(H,36,42);7-13,16,18-19H,1,14-15,34H2,2-6H3;5,10H,1,6-9,11H2,2-4H3.